The SMILES string of the molecule is CC(C)c1ccc(SCc2cc([N+](=O)[O-])ccc2N)cc1. The van der Waals surface area contributed by atoms with E-state index in [1.54, 1.807) is 23.9 Å². The topological polar surface area (TPSA) is 69.2 Å². The molecular weight excluding hydrogens is 284 g/mol. The quantitative estimate of drug-likeness (QED) is 0.379. The van der Waals surface area contributed by atoms with Gasteiger partial charge in [0.2, 0.25) is 0 Å². The van der Waals surface area contributed by atoms with E-state index in [2.05, 4.69) is 38.1 Å². The normalized spacial score (nSPS) is 10.8. The Balaban J connectivity index is 2.09. The first-order valence-electron chi connectivity index (χ1n) is 6.73. The number of hydrogen-bond acceptors (Lipinski definition) is 4. The third-order valence-electron chi connectivity index (χ3n) is 3.28. The van der Waals surface area contributed by atoms with Crippen LogP contribution in [0.25, 0.3) is 0 Å². The molecule has 21 heavy (non-hydrogen) atoms. The summed E-state index contributed by atoms with van der Waals surface area (Å²) in [5.41, 5.74) is 8.64. The molecule has 0 unspecified atom stereocenters. The molecule has 0 atom stereocenters. The Hall–Kier alpha value is -2.01. The number of nitro groups is 1. The Morgan fingerprint density at radius 1 is 1.19 bits per heavy atom. The molecule has 0 heterocycles. The van der Waals surface area contributed by atoms with Gasteiger partial charge in [-0.25, -0.2) is 0 Å². The molecule has 2 aromatic carbocycles. The van der Waals surface area contributed by atoms with Gasteiger partial charge in [-0.15, -0.1) is 11.8 Å². The Morgan fingerprint density at radius 2 is 1.86 bits per heavy atom. The molecule has 0 fully saturated rings. The summed E-state index contributed by atoms with van der Waals surface area (Å²) in [7, 11) is 0. The molecule has 5 heteroatoms. The zero-order chi connectivity index (χ0) is 15.4. The fourth-order valence-electron chi connectivity index (χ4n) is 1.94. The molecule has 0 spiro atoms. The van der Waals surface area contributed by atoms with Crippen LogP contribution in [0, 0.1) is 10.1 Å². The molecule has 0 aliphatic carbocycles. The minimum absolute atomic E-state index is 0.0787. The molecule has 0 aliphatic rings. The van der Waals surface area contributed by atoms with Crippen molar-refractivity contribution in [3.05, 3.63) is 63.7 Å². The standard InChI is InChI=1S/C16H18N2O2S/c1-11(2)12-3-6-15(7-4-12)21-10-13-9-14(18(19)20)5-8-16(13)17/h3-9,11H,10,17H2,1-2H3. The molecule has 0 radical (unpaired) electrons. The van der Waals surface area contributed by atoms with Crippen molar-refractivity contribution in [2.24, 2.45) is 0 Å². The zero-order valence-corrected chi connectivity index (χ0v) is 12.9. The molecule has 0 saturated carbocycles. The predicted octanol–water partition coefficient (Wildman–Crippen LogP) is 4.59. The van der Waals surface area contributed by atoms with Gasteiger partial charge < -0.3 is 5.73 Å². The van der Waals surface area contributed by atoms with Crippen LogP contribution in [0.4, 0.5) is 11.4 Å². The molecule has 2 aromatic rings. The Bertz CT molecular complexity index is 639. The maximum atomic E-state index is 10.8. The van der Waals surface area contributed by atoms with Crippen molar-refractivity contribution in [2.75, 3.05) is 5.73 Å². The lowest BCUT2D eigenvalue weighted by Gasteiger charge is -2.08. The Labute approximate surface area is 128 Å². The number of benzene rings is 2. The van der Waals surface area contributed by atoms with Gasteiger partial charge in [-0.3, -0.25) is 10.1 Å². The van der Waals surface area contributed by atoms with Gasteiger partial charge in [0.25, 0.3) is 5.69 Å². The van der Waals surface area contributed by atoms with Crippen molar-refractivity contribution in [2.45, 2.75) is 30.4 Å². The second kappa shape index (κ2) is 6.63. The maximum absolute atomic E-state index is 10.8. The second-order valence-electron chi connectivity index (χ2n) is 5.15. The molecular formula is C16H18N2O2S. The van der Waals surface area contributed by atoms with Gasteiger partial charge in [-0.1, -0.05) is 26.0 Å². The van der Waals surface area contributed by atoms with E-state index in [0.29, 0.717) is 17.4 Å². The number of rotatable bonds is 5. The van der Waals surface area contributed by atoms with Crippen LogP contribution in [0.15, 0.2) is 47.4 Å². The first kappa shape index (κ1) is 15.4. The van der Waals surface area contributed by atoms with Gasteiger partial charge in [0.05, 0.1) is 4.92 Å². The van der Waals surface area contributed by atoms with E-state index in [9.17, 15) is 10.1 Å². The molecule has 2 N–H and O–H groups in total. The van der Waals surface area contributed by atoms with Crippen LogP contribution in [0.3, 0.4) is 0 Å². The van der Waals surface area contributed by atoms with E-state index in [-0.39, 0.29) is 5.69 Å². The molecule has 110 valence electrons. The first-order chi connectivity index (χ1) is 9.97. The van der Waals surface area contributed by atoms with Gasteiger partial charge in [-0.2, -0.15) is 0 Å². The van der Waals surface area contributed by atoms with Crippen molar-refractivity contribution >= 4 is 23.1 Å². The average molecular weight is 302 g/mol. The number of nitrogens with two attached hydrogens (primary N) is 1. The highest BCUT2D eigenvalue weighted by Gasteiger charge is 2.09. The van der Waals surface area contributed by atoms with Crippen molar-refractivity contribution in [3.8, 4) is 0 Å². The monoisotopic (exact) mass is 302 g/mol. The molecule has 0 saturated heterocycles. The summed E-state index contributed by atoms with van der Waals surface area (Å²) in [6.45, 7) is 4.32. The molecule has 0 amide bonds. The fourth-order valence-corrected chi connectivity index (χ4v) is 2.84. The van der Waals surface area contributed by atoms with Crippen LogP contribution in [0.1, 0.15) is 30.9 Å². The minimum Gasteiger partial charge on any atom is -0.398 e. The van der Waals surface area contributed by atoms with Gasteiger partial charge in [0.1, 0.15) is 0 Å². The largest absolute Gasteiger partial charge is 0.398 e. The van der Waals surface area contributed by atoms with Crippen molar-refractivity contribution in [1.82, 2.24) is 0 Å². The van der Waals surface area contributed by atoms with Crippen LogP contribution >= 0.6 is 11.8 Å². The number of nitrogen functional groups attached to an aromatic ring is 1. The fraction of sp³-hybridized carbons (Fsp3) is 0.250. The zero-order valence-electron chi connectivity index (χ0n) is 12.1. The Morgan fingerprint density at radius 3 is 2.43 bits per heavy atom. The third kappa shape index (κ3) is 3.98. The highest BCUT2D eigenvalue weighted by atomic mass is 32.2. The maximum Gasteiger partial charge on any atom is 0.269 e. The summed E-state index contributed by atoms with van der Waals surface area (Å²) >= 11 is 1.63. The van der Waals surface area contributed by atoms with E-state index in [4.69, 9.17) is 5.73 Å². The molecule has 0 bridgehead atoms. The van der Waals surface area contributed by atoms with Crippen LogP contribution < -0.4 is 5.73 Å². The van der Waals surface area contributed by atoms with Gasteiger partial charge in [0, 0.05) is 28.5 Å². The number of nitrogens with zero attached hydrogens (tertiary/aromatic N) is 1. The molecule has 2 rings (SSSR count). The number of hydrogen-bond donors (Lipinski definition) is 1. The summed E-state index contributed by atoms with van der Waals surface area (Å²) in [5, 5.41) is 10.8. The van der Waals surface area contributed by atoms with Crippen LogP contribution in [0.5, 0.6) is 0 Å². The number of nitro benzene ring substituents is 1. The van der Waals surface area contributed by atoms with Gasteiger partial charge >= 0.3 is 0 Å². The second-order valence-corrected chi connectivity index (χ2v) is 6.20. The lowest BCUT2D eigenvalue weighted by molar-refractivity contribution is -0.384. The number of non-ortho nitro benzene ring substituents is 1. The van der Waals surface area contributed by atoms with E-state index in [1.165, 1.54) is 11.6 Å². The minimum atomic E-state index is -0.398. The predicted molar refractivity (Wildman–Crippen MR) is 87.6 cm³/mol. The number of anilines is 1. The summed E-state index contributed by atoms with van der Waals surface area (Å²) in [6, 6.07) is 13.0. The van der Waals surface area contributed by atoms with Crippen LogP contribution in [0.2, 0.25) is 0 Å². The van der Waals surface area contributed by atoms with Crippen molar-refractivity contribution in [3.63, 3.8) is 0 Å². The lowest BCUT2D eigenvalue weighted by atomic mass is 10.0. The van der Waals surface area contributed by atoms with Crippen molar-refractivity contribution < 1.29 is 4.92 Å². The van der Waals surface area contributed by atoms with Crippen LogP contribution in [-0.4, -0.2) is 4.92 Å². The average Bonchev–Trinajstić information content (AvgIpc) is 2.46. The first-order valence-corrected chi connectivity index (χ1v) is 7.71. The molecule has 0 aromatic heterocycles. The smallest absolute Gasteiger partial charge is 0.269 e. The molecule has 0 aliphatic heterocycles. The number of thioether (sulfide) groups is 1. The highest BCUT2D eigenvalue weighted by molar-refractivity contribution is 7.98. The Kier molecular flexibility index (Phi) is 4.85. The summed E-state index contributed by atoms with van der Waals surface area (Å²) in [4.78, 5) is 11.5. The van der Waals surface area contributed by atoms with Crippen LogP contribution in [-0.2, 0) is 5.75 Å². The summed E-state index contributed by atoms with van der Waals surface area (Å²) in [5.74, 6) is 1.13. The van der Waals surface area contributed by atoms with E-state index in [0.717, 1.165) is 10.5 Å². The van der Waals surface area contributed by atoms with E-state index in [1.807, 2.05) is 0 Å². The lowest BCUT2D eigenvalue weighted by Crippen LogP contribution is -1.95. The van der Waals surface area contributed by atoms with Gasteiger partial charge in [0.15, 0.2) is 0 Å². The van der Waals surface area contributed by atoms with Crippen molar-refractivity contribution in [1.29, 1.82) is 0 Å². The molecule has 4 nitrogen and oxygen atoms in total. The van der Waals surface area contributed by atoms with E-state index < -0.39 is 4.92 Å². The van der Waals surface area contributed by atoms with E-state index >= 15 is 0 Å². The highest BCUT2D eigenvalue weighted by Crippen LogP contribution is 2.29. The summed E-state index contributed by atoms with van der Waals surface area (Å²) < 4.78 is 0. The third-order valence-corrected chi connectivity index (χ3v) is 4.34. The summed E-state index contributed by atoms with van der Waals surface area (Å²) in [6.07, 6.45) is 0. The van der Waals surface area contributed by atoms with Gasteiger partial charge in [-0.05, 0) is 35.2 Å².